The summed E-state index contributed by atoms with van der Waals surface area (Å²) in [6.07, 6.45) is 4.82. The molecule has 0 aliphatic rings. The van der Waals surface area contributed by atoms with Crippen LogP contribution in [-0.4, -0.2) is 32.2 Å². The van der Waals surface area contributed by atoms with Crippen LogP contribution < -0.4 is 10.3 Å². The van der Waals surface area contributed by atoms with Gasteiger partial charge in [0.1, 0.15) is 17.0 Å². The summed E-state index contributed by atoms with van der Waals surface area (Å²) in [4.78, 5) is 30.6. The number of hydrogen-bond donors (Lipinski definition) is 0. The number of hydrogen-bond acceptors (Lipinski definition) is 5. The predicted octanol–water partition coefficient (Wildman–Crippen LogP) is 4.78. The summed E-state index contributed by atoms with van der Waals surface area (Å²) in [5.41, 5.74) is 3.17. The molecule has 0 bridgehead atoms. The van der Waals surface area contributed by atoms with Gasteiger partial charge in [0.2, 0.25) is 0 Å². The van der Waals surface area contributed by atoms with Crippen molar-refractivity contribution >= 4 is 22.9 Å². The van der Waals surface area contributed by atoms with Gasteiger partial charge in [-0.3, -0.25) is 14.2 Å². The van der Waals surface area contributed by atoms with Crippen molar-refractivity contribution in [1.29, 1.82) is 0 Å². The second kappa shape index (κ2) is 9.23. The second-order valence-electron chi connectivity index (χ2n) is 7.95. The highest BCUT2D eigenvalue weighted by atomic mass is 16.5. The van der Waals surface area contributed by atoms with Gasteiger partial charge in [-0.2, -0.15) is 5.10 Å². The zero-order valence-corrected chi connectivity index (χ0v) is 19.3. The number of aryl methyl sites for hydroxylation is 1. The summed E-state index contributed by atoms with van der Waals surface area (Å²) in [5.74, 6) is 1.16. The van der Waals surface area contributed by atoms with E-state index in [4.69, 9.17) is 4.74 Å². The zero-order chi connectivity index (χ0) is 24.4. The lowest BCUT2D eigenvalue weighted by atomic mass is 10.1. The molecule has 0 aliphatic carbocycles. The van der Waals surface area contributed by atoms with E-state index in [0.29, 0.717) is 28.1 Å². The molecule has 3 aromatic carbocycles. The maximum atomic E-state index is 13.3. The van der Waals surface area contributed by atoms with E-state index in [9.17, 15) is 9.59 Å². The molecule has 0 unspecified atom stereocenters. The number of rotatable bonds is 6. The molecule has 5 aromatic rings. The number of carbonyl (C=O) groups excluding carboxylic acids is 1. The Balaban J connectivity index is 1.43. The fourth-order valence-electron chi connectivity index (χ4n) is 3.89. The summed E-state index contributed by atoms with van der Waals surface area (Å²) >= 11 is 0. The van der Waals surface area contributed by atoms with Crippen LogP contribution in [0.3, 0.4) is 0 Å². The first-order valence-electron chi connectivity index (χ1n) is 11.0. The highest BCUT2D eigenvalue weighted by Crippen LogP contribution is 2.18. The minimum absolute atomic E-state index is 0.130. The third kappa shape index (κ3) is 4.27. The minimum Gasteiger partial charge on any atom is -0.497 e. The molecule has 7 nitrogen and oxygen atoms in total. The van der Waals surface area contributed by atoms with Gasteiger partial charge in [0.05, 0.1) is 24.7 Å². The first-order chi connectivity index (χ1) is 17.0. The van der Waals surface area contributed by atoms with Crippen molar-refractivity contribution in [3.05, 3.63) is 118 Å². The quantitative estimate of drug-likeness (QED) is 0.268. The van der Waals surface area contributed by atoms with Crippen LogP contribution in [0.5, 0.6) is 5.75 Å². The fourth-order valence-corrected chi connectivity index (χ4v) is 3.89. The molecular weight excluding hydrogens is 440 g/mol. The molecule has 0 amide bonds. The lowest BCUT2D eigenvalue weighted by Crippen LogP contribution is -2.22. The molecule has 0 aliphatic heterocycles. The lowest BCUT2D eigenvalue weighted by Gasteiger charge is -2.10. The third-order valence-electron chi connectivity index (χ3n) is 5.72. The first-order valence-corrected chi connectivity index (χ1v) is 11.0. The third-order valence-corrected chi connectivity index (χ3v) is 5.72. The number of aromatic nitrogens is 4. The van der Waals surface area contributed by atoms with E-state index in [0.717, 1.165) is 17.0 Å². The van der Waals surface area contributed by atoms with E-state index < -0.39 is 0 Å². The summed E-state index contributed by atoms with van der Waals surface area (Å²) in [6, 6.07) is 23.9. The van der Waals surface area contributed by atoms with Crippen molar-refractivity contribution in [3.8, 4) is 17.1 Å². The summed E-state index contributed by atoms with van der Waals surface area (Å²) in [5, 5.41) is 4.79. The maximum absolute atomic E-state index is 13.3. The maximum Gasteiger partial charge on any atom is 0.269 e. The molecule has 0 fully saturated rings. The molecule has 0 spiro atoms. The van der Waals surface area contributed by atoms with Gasteiger partial charge in [0.25, 0.3) is 5.56 Å². The van der Waals surface area contributed by atoms with Crippen LogP contribution in [0.15, 0.2) is 95.9 Å². The Morgan fingerprint density at radius 1 is 0.914 bits per heavy atom. The molecule has 0 saturated heterocycles. The van der Waals surface area contributed by atoms with Crippen LogP contribution in [0, 0.1) is 6.92 Å². The Kier molecular flexibility index (Phi) is 5.81. The average molecular weight is 463 g/mol. The Labute approximate surface area is 201 Å². The second-order valence-corrected chi connectivity index (χ2v) is 7.95. The van der Waals surface area contributed by atoms with Crippen molar-refractivity contribution in [1.82, 2.24) is 19.3 Å². The van der Waals surface area contributed by atoms with Crippen molar-refractivity contribution in [2.24, 2.45) is 0 Å². The Morgan fingerprint density at radius 2 is 1.63 bits per heavy atom. The van der Waals surface area contributed by atoms with Crippen LogP contribution in [0.4, 0.5) is 0 Å². The Hall–Kier alpha value is -4.78. The summed E-state index contributed by atoms with van der Waals surface area (Å²) < 4.78 is 8.34. The number of methoxy groups -OCH3 is 1. The number of carbonyl (C=O) groups is 1. The number of nitrogens with zero attached hydrogens (tertiary/aromatic N) is 4. The van der Waals surface area contributed by atoms with Gasteiger partial charge >= 0.3 is 0 Å². The molecule has 172 valence electrons. The predicted molar refractivity (Wildman–Crippen MR) is 136 cm³/mol. The highest BCUT2D eigenvalue weighted by Gasteiger charge is 2.15. The van der Waals surface area contributed by atoms with Gasteiger partial charge in [-0.15, -0.1) is 0 Å². The molecule has 0 atom stereocenters. The minimum atomic E-state index is -0.215. The van der Waals surface area contributed by atoms with E-state index in [1.165, 1.54) is 16.8 Å². The van der Waals surface area contributed by atoms with E-state index in [1.54, 1.807) is 49.1 Å². The van der Waals surface area contributed by atoms with Crippen LogP contribution in [0.2, 0.25) is 0 Å². The van der Waals surface area contributed by atoms with Gasteiger partial charge in [0.15, 0.2) is 11.4 Å². The smallest absolute Gasteiger partial charge is 0.269 e. The van der Waals surface area contributed by atoms with E-state index in [-0.39, 0.29) is 11.3 Å². The van der Waals surface area contributed by atoms with Gasteiger partial charge in [0, 0.05) is 5.56 Å². The fraction of sp³-hybridized carbons (Fsp3) is 0.0714. The van der Waals surface area contributed by atoms with Crippen molar-refractivity contribution < 1.29 is 9.53 Å². The molecule has 0 N–H and O–H groups in total. The molecule has 0 saturated carbocycles. The number of allylic oxidation sites excluding steroid dienone is 1. The lowest BCUT2D eigenvalue weighted by molar-refractivity contribution is 0.104. The van der Waals surface area contributed by atoms with Crippen LogP contribution in [0.1, 0.15) is 21.7 Å². The number of benzene rings is 3. The number of fused-ring (bicyclic) bond motifs is 1. The average Bonchev–Trinajstić information content (AvgIpc) is 3.32. The van der Waals surface area contributed by atoms with Crippen molar-refractivity contribution in [3.63, 3.8) is 0 Å². The SMILES string of the molecule is COc1ccc(/C=C/C(=O)c2ccc(-n3c(C)nc4c(cnn4-c4ccccc4)c3=O)cc2)cc1. The van der Waals surface area contributed by atoms with E-state index in [2.05, 4.69) is 10.1 Å². The molecule has 7 heteroatoms. The first kappa shape index (κ1) is 22.0. The standard InChI is InChI=1S/C28H22N4O3/c1-19-30-27-25(18-29-32(27)23-6-4-3-5-7-23)28(34)31(19)22-13-11-21(12-14-22)26(33)17-10-20-8-15-24(35-2)16-9-20/h3-18H,1-2H3/b17-10+. The van der Waals surface area contributed by atoms with Gasteiger partial charge in [-0.05, 0) is 67.1 Å². The van der Waals surface area contributed by atoms with E-state index in [1.807, 2.05) is 54.6 Å². The molecule has 0 radical (unpaired) electrons. The van der Waals surface area contributed by atoms with Crippen molar-refractivity contribution in [2.45, 2.75) is 6.92 Å². The van der Waals surface area contributed by atoms with Gasteiger partial charge in [-0.1, -0.05) is 36.4 Å². The van der Waals surface area contributed by atoms with E-state index >= 15 is 0 Å². The Morgan fingerprint density at radius 3 is 2.31 bits per heavy atom. The number of para-hydroxylation sites is 1. The summed E-state index contributed by atoms with van der Waals surface area (Å²) in [6.45, 7) is 1.78. The molecule has 35 heavy (non-hydrogen) atoms. The van der Waals surface area contributed by atoms with Crippen LogP contribution in [-0.2, 0) is 0 Å². The monoisotopic (exact) mass is 462 g/mol. The topological polar surface area (TPSA) is 79.0 Å². The molecule has 2 aromatic heterocycles. The number of ether oxygens (including phenoxy) is 1. The Bertz CT molecular complexity index is 1600. The largest absolute Gasteiger partial charge is 0.497 e. The molecular formula is C28H22N4O3. The zero-order valence-electron chi connectivity index (χ0n) is 19.3. The van der Waals surface area contributed by atoms with Crippen LogP contribution >= 0.6 is 0 Å². The van der Waals surface area contributed by atoms with Gasteiger partial charge < -0.3 is 4.74 Å². The van der Waals surface area contributed by atoms with Crippen molar-refractivity contribution in [2.75, 3.05) is 7.11 Å². The van der Waals surface area contributed by atoms with Gasteiger partial charge in [-0.25, -0.2) is 9.67 Å². The number of ketones is 1. The highest BCUT2D eigenvalue weighted by molar-refractivity contribution is 6.06. The molecule has 5 rings (SSSR count). The normalized spacial score (nSPS) is 11.3. The summed E-state index contributed by atoms with van der Waals surface area (Å²) in [7, 11) is 1.61. The van der Waals surface area contributed by atoms with Crippen LogP contribution in [0.25, 0.3) is 28.5 Å². The molecule has 2 heterocycles.